The van der Waals surface area contributed by atoms with Crippen molar-refractivity contribution >= 4 is 29.9 Å². The van der Waals surface area contributed by atoms with E-state index in [0.717, 1.165) is 56.6 Å². The third kappa shape index (κ3) is 5.64. The first kappa shape index (κ1) is 21.8. The summed E-state index contributed by atoms with van der Waals surface area (Å²) in [4.78, 5) is 9.01. The van der Waals surface area contributed by atoms with E-state index in [0.29, 0.717) is 0 Å². The largest absolute Gasteiger partial charge is 0.493 e. The van der Waals surface area contributed by atoms with Crippen molar-refractivity contribution in [2.24, 2.45) is 4.99 Å². The maximum atomic E-state index is 5.43. The molecular formula is C18H31IN4O2. The van der Waals surface area contributed by atoms with Crippen LogP contribution >= 0.6 is 24.0 Å². The second-order valence-electron chi connectivity index (χ2n) is 6.02. The Balaban J connectivity index is 0.00000312. The summed E-state index contributed by atoms with van der Waals surface area (Å²) in [6, 6.07) is 4.18. The Kier molecular flexibility index (Phi) is 9.34. The normalized spacial score (nSPS) is 14.0. The van der Waals surface area contributed by atoms with Crippen LogP contribution < -0.4 is 14.8 Å². The van der Waals surface area contributed by atoms with Gasteiger partial charge in [-0.05, 0) is 43.3 Å². The summed E-state index contributed by atoms with van der Waals surface area (Å²) in [5, 5.41) is 3.46. The molecule has 0 aromatic heterocycles. The summed E-state index contributed by atoms with van der Waals surface area (Å²) in [7, 11) is 7.32. The first-order valence-electron chi connectivity index (χ1n) is 8.50. The molecule has 1 heterocycles. The maximum absolute atomic E-state index is 5.43. The molecule has 25 heavy (non-hydrogen) atoms. The molecule has 0 unspecified atom stereocenters. The smallest absolute Gasteiger partial charge is 0.194 e. The van der Waals surface area contributed by atoms with Crippen molar-refractivity contribution in [2.75, 3.05) is 54.5 Å². The van der Waals surface area contributed by atoms with Crippen LogP contribution in [0.4, 0.5) is 0 Å². The van der Waals surface area contributed by atoms with Crippen molar-refractivity contribution < 1.29 is 9.47 Å². The number of ether oxygens (including phenoxy) is 2. The van der Waals surface area contributed by atoms with Gasteiger partial charge in [-0.25, -0.2) is 0 Å². The molecule has 0 fully saturated rings. The Morgan fingerprint density at radius 2 is 1.88 bits per heavy atom. The number of fused-ring (bicyclic) bond motifs is 1. The fourth-order valence-corrected chi connectivity index (χ4v) is 2.91. The van der Waals surface area contributed by atoms with Gasteiger partial charge in [-0.15, -0.1) is 24.0 Å². The van der Waals surface area contributed by atoms with Crippen molar-refractivity contribution in [1.29, 1.82) is 0 Å². The van der Waals surface area contributed by atoms with Gasteiger partial charge < -0.3 is 24.6 Å². The molecule has 0 radical (unpaired) electrons. The SMILES string of the molecule is CCN(C)CCNC(=NC)N1CCc2cc(OC)c(OC)cc2C1.I. The van der Waals surface area contributed by atoms with Gasteiger partial charge in [0.2, 0.25) is 0 Å². The molecule has 1 N–H and O–H groups in total. The lowest BCUT2D eigenvalue weighted by Crippen LogP contribution is -2.45. The summed E-state index contributed by atoms with van der Waals surface area (Å²) in [5.41, 5.74) is 2.59. The van der Waals surface area contributed by atoms with E-state index in [4.69, 9.17) is 9.47 Å². The molecule has 0 atom stereocenters. The van der Waals surface area contributed by atoms with Gasteiger partial charge in [0.15, 0.2) is 17.5 Å². The molecule has 0 saturated heterocycles. The zero-order chi connectivity index (χ0) is 17.5. The molecule has 2 rings (SSSR count). The van der Waals surface area contributed by atoms with Gasteiger partial charge in [-0.2, -0.15) is 0 Å². The average Bonchev–Trinajstić information content (AvgIpc) is 2.63. The summed E-state index contributed by atoms with van der Waals surface area (Å²) in [6.45, 7) is 6.90. The Morgan fingerprint density at radius 3 is 2.44 bits per heavy atom. The number of hydrogen-bond acceptors (Lipinski definition) is 4. The molecular weight excluding hydrogens is 431 g/mol. The number of halogens is 1. The van der Waals surface area contributed by atoms with Gasteiger partial charge in [0, 0.05) is 33.2 Å². The van der Waals surface area contributed by atoms with Gasteiger partial charge in [-0.3, -0.25) is 4.99 Å². The second kappa shape index (κ2) is 10.7. The van der Waals surface area contributed by atoms with Crippen molar-refractivity contribution in [3.63, 3.8) is 0 Å². The monoisotopic (exact) mass is 462 g/mol. The quantitative estimate of drug-likeness (QED) is 0.399. The minimum absolute atomic E-state index is 0. The third-order valence-electron chi connectivity index (χ3n) is 4.55. The molecule has 0 saturated carbocycles. The van der Waals surface area contributed by atoms with Crippen molar-refractivity contribution in [3.8, 4) is 11.5 Å². The second-order valence-corrected chi connectivity index (χ2v) is 6.02. The number of methoxy groups -OCH3 is 2. The van der Waals surface area contributed by atoms with Gasteiger partial charge in [0.05, 0.1) is 14.2 Å². The predicted octanol–water partition coefficient (Wildman–Crippen LogP) is 2.21. The molecule has 142 valence electrons. The lowest BCUT2D eigenvalue weighted by molar-refractivity contribution is 0.339. The first-order chi connectivity index (χ1) is 11.6. The number of nitrogens with one attached hydrogen (secondary N) is 1. The predicted molar refractivity (Wildman–Crippen MR) is 114 cm³/mol. The van der Waals surface area contributed by atoms with Crippen LogP contribution in [0.1, 0.15) is 18.1 Å². The van der Waals surface area contributed by atoms with Crippen LogP contribution in [0.25, 0.3) is 0 Å². The number of hydrogen-bond donors (Lipinski definition) is 1. The first-order valence-corrected chi connectivity index (χ1v) is 8.50. The highest BCUT2D eigenvalue weighted by atomic mass is 127. The Labute approximate surface area is 168 Å². The van der Waals surface area contributed by atoms with Crippen LogP contribution in [0.2, 0.25) is 0 Å². The minimum Gasteiger partial charge on any atom is -0.493 e. The van der Waals surface area contributed by atoms with Crippen LogP contribution in [0.15, 0.2) is 17.1 Å². The van der Waals surface area contributed by atoms with Crippen molar-refractivity contribution in [2.45, 2.75) is 19.9 Å². The van der Waals surface area contributed by atoms with E-state index in [1.54, 1.807) is 14.2 Å². The fraction of sp³-hybridized carbons (Fsp3) is 0.611. The van der Waals surface area contributed by atoms with Crippen LogP contribution in [0, 0.1) is 0 Å². The lowest BCUT2D eigenvalue weighted by Gasteiger charge is -2.32. The van der Waals surface area contributed by atoms with E-state index >= 15 is 0 Å². The van der Waals surface area contributed by atoms with E-state index in [1.165, 1.54) is 11.1 Å². The molecule has 1 aromatic rings. The number of aliphatic imine (C=N–C) groups is 1. The van der Waals surface area contributed by atoms with Gasteiger partial charge in [-0.1, -0.05) is 6.92 Å². The van der Waals surface area contributed by atoms with Crippen LogP contribution in [0.3, 0.4) is 0 Å². The maximum Gasteiger partial charge on any atom is 0.194 e. The summed E-state index contributed by atoms with van der Waals surface area (Å²) in [5.74, 6) is 2.54. The molecule has 7 heteroatoms. The van der Waals surface area contributed by atoms with Crippen LogP contribution in [-0.2, 0) is 13.0 Å². The highest BCUT2D eigenvalue weighted by Gasteiger charge is 2.21. The summed E-state index contributed by atoms with van der Waals surface area (Å²) >= 11 is 0. The number of rotatable bonds is 6. The molecule has 6 nitrogen and oxygen atoms in total. The topological polar surface area (TPSA) is 49.3 Å². The molecule has 1 aliphatic rings. The molecule has 1 aliphatic heterocycles. The highest BCUT2D eigenvalue weighted by molar-refractivity contribution is 14.0. The number of guanidine groups is 1. The molecule has 0 spiro atoms. The Hall–Kier alpha value is -1.22. The van der Waals surface area contributed by atoms with E-state index in [-0.39, 0.29) is 24.0 Å². The van der Waals surface area contributed by atoms with Gasteiger partial charge in [0.25, 0.3) is 0 Å². The van der Waals surface area contributed by atoms with Gasteiger partial charge >= 0.3 is 0 Å². The van der Waals surface area contributed by atoms with Gasteiger partial charge in [0.1, 0.15) is 0 Å². The third-order valence-corrected chi connectivity index (χ3v) is 4.55. The van der Waals surface area contributed by atoms with E-state index < -0.39 is 0 Å². The summed E-state index contributed by atoms with van der Waals surface area (Å²) in [6.07, 6.45) is 0.977. The number of likely N-dealkylation sites (N-methyl/N-ethyl adjacent to an activating group) is 1. The number of benzene rings is 1. The summed E-state index contributed by atoms with van der Waals surface area (Å²) < 4.78 is 10.8. The molecule has 0 amide bonds. The Morgan fingerprint density at radius 1 is 1.24 bits per heavy atom. The zero-order valence-corrected chi connectivity index (χ0v) is 18.3. The van der Waals surface area contributed by atoms with E-state index in [9.17, 15) is 0 Å². The van der Waals surface area contributed by atoms with E-state index in [1.807, 2.05) is 7.05 Å². The van der Waals surface area contributed by atoms with E-state index in [2.05, 4.69) is 46.2 Å². The highest BCUT2D eigenvalue weighted by Crippen LogP contribution is 2.33. The van der Waals surface area contributed by atoms with Crippen molar-refractivity contribution in [1.82, 2.24) is 15.1 Å². The Bertz CT molecular complexity index is 580. The average molecular weight is 462 g/mol. The number of nitrogens with zero attached hydrogens (tertiary/aromatic N) is 3. The van der Waals surface area contributed by atoms with Crippen molar-refractivity contribution in [3.05, 3.63) is 23.3 Å². The minimum atomic E-state index is 0. The van der Waals surface area contributed by atoms with Crippen LogP contribution in [0.5, 0.6) is 11.5 Å². The zero-order valence-electron chi connectivity index (χ0n) is 16.0. The van der Waals surface area contributed by atoms with Crippen LogP contribution in [-0.4, -0.2) is 70.3 Å². The molecule has 0 bridgehead atoms. The fourth-order valence-electron chi connectivity index (χ4n) is 2.91. The lowest BCUT2D eigenvalue weighted by atomic mass is 9.99. The molecule has 0 aliphatic carbocycles. The molecule has 1 aromatic carbocycles. The standard InChI is InChI=1S/C18H30N4O2.HI/c1-6-21(3)10-8-20-18(19-2)22-9-7-14-11-16(23-4)17(24-5)12-15(14)13-22;/h11-12H,6-10,13H2,1-5H3,(H,19,20);1H.